The van der Waals surface area contributed by atoms with Crippen LogP contribution in [0.3, 0.4) is 0 Å². The third-order valence-corrected chi connectivity index (χ3v) is 5.25. The zero-order chi connectivity index (χ0) is 11.2. The maximum absolute atomic E-state index is 3.57. The fourth-order valence-corrected chi connectivity index (χ4v) is 4.49. The van der Waals surface area contributed by atoms with E-state index in [-0.39, 0.29) is 0 Å². The molecular formula is C14H16N2S. The van der Waals surface area contributed by atoms with Gasteiger partial charge in [-0.05, 0) is 43.4 Å². The van der Waals surface area contributed by atoms with E-state index in [0.29, 0.717) is 0 Å². The molecule has 3 heterocycles. The summed E-state index contributed by atoms with van der Waals surface area (Å²) in [5, 5.41) is 5.04. The number of fused-ring (bicyclic) bond motifs is 5. The molecule has 0 radical (unpaired) electrons. The molecule has 0 saturated heterocycles. The topological polar surface area (TPSA) is 17.0 Å². The third kappa shape index (κ3) is 1.42. The number of nitrogens with zero attached hydrogens (tertiary/aromatic N) is 1. The highest BCUT2D eigenvalue weighted by molar-refractivity contribution is 7.15. The number of aryl methyl sites for hydroxylation is 1. The van der Waals surface area contributed by atoms with Crippen LogP contribution in [0.2, 0.25) is 0 Å². The van der Waals surface area contributed by atoms with Crippen LogP contribution in [0.25, 0.3) is 5.00 Å². The molecule has 1 aliphatic heterocycles. The van der Waals surface area contributed by atoms with E-state index in [1.54, 1.807) is 16.0 Å². The minimum atomic E-state index is 0.989. The van der Waals surface area contributed by atoms with Gasteiger partial charge in [-0.3, -0.25) is 0 Å². The van der Waals surface area contributed by atoms with E-state index < -0.39 is 0 Å². The van der Waals surface area contributed by atoms with Crippen molar-refractivity contribution >= 4 is 11.3 Å². The van der Waals surface area contributed by atoms with E-state index in [1.807, 2.05) is 11.3 Å². The Morgan fingerprint density at radius 2 is 2.06 bits per heavy atom. The predicted molar refractivity (Wildman–Crippen MR) is 70.8 cm³/mol. The molecular weight excluding hydrogens is 228 g/mol. The Bertz CT molecular complexity index is 565. The van der Waals surface area contributed by atoms with E-state index in [0.717, 1.165) is 13.1 Å². The summed E-state index contributed by atoms with van der Waals surface area (Å²) < 4.78 is 2.39. The standard InChI is InChI=1S/C14H16N2S/c1-2-6-13-11(5-1)12-9-15-8-10-4-3-7-16(10)14(12)17-13/h3-4,7,15H,1-2,5-6,8-9H2. The summed E-state index contributed by atoms with van der Waals surface area (Å²) in [5.41, 5.74) is 4.62. The smallest absolute Gasteiger partial charge is 0.104 e. The highest BCUT2D eigenvalue weighted by Crippen LogP contribution is 2.38. The second-order valence-electron chi connectivity index (χ2n) is 4.97. The summed E-state index contributed by atoms with van der Waals surface area (Å²) >= 11 is 2.02. The van der Waals surface area contributed by atoms with Gasteiger partial charge in [-0.25, -0.2) is 0 Å². The Kier molecular flexibility index (Phi) is 2.17. The molecule has 1 N–H and O–H groups in total. The molecule has 3 heteroatoms. The Morgan fingerprint density at radius 1 is 1.12 bits per heavy atom. The molecule has 88 valence electrons. The normalized spacial score (nSPS) is 18.1. The Hall–Kier alpha value is -1.06. The second kappa shape index (κ2) is 3.72. The zero-order valence-corrected chi connectivity index (χ0v) is 10.6. The molecule has 0 spiro atoms. The van der Waals surface area contributed by atoms with Crippen molar-refractivity contribution in [3.05, 3.63) is 40.0 Å². The molecule has 2 aromatic rings. The van der Waals surface area contributed by atoms with E-state index in [1.165, 1.54) is 36.4 Å². The molecule has 2 nitrogen and oxygen atoms in total. The fraction of sp³-hybridized carbons (Fsp3) is 0.429. The van der Waals surface area contributed by atoms with Gasteiger partial charge < -0.3 is 9.88 Å². The van der Waals surface area contributed by atoms with Crippen LogP contribution in [0.1, 0.15) is 34.5 Å². The molecule has 1 aliphatic carbocycles. The van der Waals surface area contributed by atoms with Crippen LogP contribution in [-0.2, 0) is 25.9 Å². The van der Waals surface area contributed by atoms with Gasteiger partial charge >= 0.3 is 0 Å². The lowest BCUT2D eigenvalue weighted by atomic mass is 9.95. The number of nitrogens with one attached hydrogen (secondary N) is 1. The zero-order valence-electron chi connectivity index (χ0n) is 9.83. The SMILES string of the molecule is c1cc2n(c1)-c1sc3c(c1CNC2)CCCC3. The highest BCUT2D eigenvalue weighted by atomic mass is 32.1. The molecule has 2 aromatic heterocycles. The van der Waals surface area contributed by atoms with Crippen molar-refractivity contribution in [3.63, 3.8) is 0 Å². The maximum atomic E-state index is 3.57. The van der Waals surface area contributed by atoms with Gasteiger partial charge in [-0.15, -0.1) is 11.3 Å². The minimum absolute atomic E-state index is 0.989. The average molecular weight is 244 g/mol. The summed E-state index contributed by atoms with van der Waals surface area (Å²) in [6.07, 6.45) is 7.54. The van der Waals surface area contributed by atoms with Crippen LogP contribution in [0, 0.1) is 0 Å². The summed E-state index contributed by atoms with van der Waals surface area (Å²) in [4.78, 5) is 1.64. The number of thiophene rings is 1. The van der Waals surface area contributed by atoms with Crippen LogP contribution < -0.4 is 5.32 Å². The lowest BCUT2D eigenvalue weighted by Gasteiger charge is -2.12. The van der Waals surface area contributed by atoms with Crippen LogP contribution >= 0.6 is 11.3 Å². The number of hydrogen-bond acceptors (Lipinski definition) is 2. The van der Waals surface area contributed by atoms with Crippen molar-refractivity contribution in [1.82, 2.24) is 9.88 Å². The van der Waals surface area contributed by atoms with Gasteiger partial charge in [0, 0.05) is 35.4 Å². The van der Waals surface area contributed by atoms with Crippen molar-refractivity contribution < 1.29 is 0 Å². The molecule has 0 saturated carbocycles. The predicted octanol–water partition coefficient (Wildman–Crippen LogP) is 3.02. The van der Waals surface area contributed by atoms with Crippen molar-refractivity contribution in [2.75, 3.05) is 0 Å². The molecule has 17 heavy (non-hydrogen) atoms. The first-order chi connectivity index (χ1) is 8.43. The van der Waals surface area contributed by atoms with Crippen molar-refractivity contribution in [1.29, 1.82) is 0 Å². The Morgan fingerprint density at radius 3 is 3.06 bits per heavy atom. The van der Waals surface area contributed by atoms with Crippen molar-refractivity contribution in [2.45, 2.75) is 38.8 Å². The lowest BCUT2D eigenvalue weighted by molar-refractivity contribution is 0.663. The molecule has 0 atom stereocenters. The molecule has 0 fully saturated rings. The van der Waals surface area contributed by atoms with Gasteiger partial charge in [0.2, 0.25) is 0 Å². The quantitative estimate of drug-likeness (QED) is 0.754. The monoisotopic (exact) mass is 244 g/mol. The summed E-state index contributed by atoms with van der Waals surface area (Å²) in [6, 6.07) is 4.38. The van der Waals surface area contributed by atoms with Gasteiger partial charge in [0.25, 0.3) is 0 Å². The van der Waals surface area contributed by atoms with E-state index in [9.17, 15) is 0 Å². The minimum Gasteiger partial charge on any atom is -0.311 e. The first kappa shape index (κ1) is 9.92. The number of rotatable bonds is 0. The van der Waals surface area contributed by atoms with Crippen LogP contribution in [0.15, 0.2) is 18.3 Å². The van der Waals surface area contributed by atoms with Crippen molar-refractivity contribution in [2.24, 2.45) is 0 Å². The summed E-state index contributed by atoms with van der Waals surface area (Å²) in [6.45, 7) is 2.03. The van der Waals surface area contributed by atoms with Gasteiger partial charge in [0.15, 0.2) is 0 Å². The molecule has 0 aromatic carbocycles. The van der Waals surface area contributed by atoms with Crippen LogP contribution in [0.4, 0.5) is 0 Å². The largest absolute Gasteiger partial charge is 0.311 e. The fourth-order valence-electron chi connectivity index (χ4n) is 3.07. The van der Waals surface area contributed by atoms with E-state index in [2.05, 4.69) is 28.2 Å². The first-order valence-electron chi connectivity index (χ1n) is 6.44. The second-order valence-corrected chi connectivity index (χ2v) is 6.05. The maximum Gasteiger partial charge on any atom is 0.104 e. The molecule has 2 aliphatic rings. The van der Waals surface area contributed by atoms with Crippen molar-refractivity contribution in [3.8, 4) is 5.00 Å². The third-order valence-electron chi connectivity index (χ3n) is 3.92. The Balaban J connectivity index is 1.96. The lowest BCUT2D eigenvalue weighted by Crippen LogP contribution is -2.12. The number of hydrogen-bond donors (Lipinski definition) is 1. The average Bonchev–Trinajstić information content (AvgIpc) is 2.91. The van der Waals surface area contributed by atoms with E-state index in [4.69, 9.17) is 0 Å². The van der Waals surface area contributed by atoms with Crippen LogP contribution in [0.5, 0.6) is 0 Å². The molecule has 0 amide bonds. The highest BCUT2D eigenvalue weighted by Gasteiger charge is 2.23. The molecule has 0 bridgehead atoms. The molecule has 0 unspecified atom stereocenters. The number of aromatic nitrogens is 1. The van der Waals surface area contributed by atoms with Gasteiger partial charge in [-0.1, -0.05) is 0 Å². The van der Waals surface area contributed by atoms with Gasteiger partial charge in [0.1, 0.15) is 5.00 Å². The summed E-state index contributed by atoms with van der Waals surface area (Å²) in [7, 11) is 0. The summed E-state index contributed by atoms with van der Waals surface area (Å²) in [5.74, 6) is 0. The van der Waals surface area contributed by atoms with Gasteiger partial charge in [0.05, 0.1) is 0 Å². The van der Waals surface area contributed by atoms with Crippen LogP contribution in [-0.4, -0.2) is 4.57 Å². The van der Waals surface area contributed by atoms with E-state index >= 15 is 0 Å². The first-order valence-corrected chi connectivity index (χ1v) is 7.26. The molecule has 4 rings (SSSR count). The Labute approximate surface area is 105 Å². The van der Waals surface area contributed by atoms with Gasteiger partial charge in [-0.2, -0.15) is 0 Å².